The summed E-state index contributed by atoms with van der Waals surface area (Å²) in [7, 11) is 0. The summed E-state index contributed by atoms with van der Waals surface area (Å²) < 4.78 is 6.06. The number of anilines is 1. The molecule has 2 aromatic rings. The first-order valence-corrected chi connectivity index (χ1v) is 11.6. The van der Waals surface area contributed by atoms with Gasteiger partial charge in [-0.25, -0.2) is 4.79 Å². The van der Waals surface area contributed by atoms with Crippen molar-refractivity contribution in [3.05, 3.63) is 59.2 Å². The van der Waals surface area contributed by atoms with E-state index in [1.807, 2.05) is 53.1 Å². The van der Waals surface area contributed by atoms with Gasteiger partial charge in [-0.1, -0.05) is 37.3 Å². The van der Waals surface area contributed by atoms with Crippen LogP contribution in [0.3, 0.4) is 0 Å². The smallest absolute Gasteiger partial charge is 0.324 e. The van der Waals surface area contributed by atoms with Gasteiger partial charge in [0.05, 0.1) is 12.2 Å². The molecule has 0 spiro atoms. The number of piperidine rings is 1. The zero-order valence-corrected chi connectivity index (χ0v) is 19.3. The van der Waals surface area contributed by atoms with Crippen molar-refractivity contribution in [2.24, 2.45) is 5.92 Å². The van der Waals surface area contributed by atoms with E-state index in [-0.39, 0.29) is 24.0 Å². The summed E-state index contributed by atoms with van der Waals surface area (Å²) in [5.41, 5.74) is 4.27. The van der Waals surface area contributed by atoms with E-state index in [0.29, 0.717) is 39.0 Å². The number of likely N-dealkylation sites (tertiary alicyclic amines) is 1. The number of nitrogens with zero attached hydrogens (tertiary/aromatic N) is 2. The van der Waals surface area contributed by atoms with Crippen LogP contribution in [-0.4, -0.2) is 42.6 Å². The Morgan fingerprint density at radius 1 is 1.09 bits per heavy atom. The number of nitrogens with one attached hydrogen (secondary N) is 1. The van der Waals surface area contributed by atoms with E-state index in [9.17, 15) is 9.59 Å². The Morgan fingerprint density at radius 3 is 2.56 bits per heavy atom. The fourth-order valence-electron chi connectivity index (χ4n) is 4.49. The summed E-state index contributed by atoms with van der Waals surface area (Å²) in [4.78, 5) is 29.9. The lowest BCUT2D eigenvalue weighted by Crippen LogP contribution is -2.52. The van der Waals surface area contributed by atoms with Gasteiger partial charge >= 0.3 is 6.03 Å². The number of aryl methyl sites for hydroxylation is 2. The number of rotatable bonds is 4. The van der Waals surface area contributed by atoms with Crippen molar-refractivity contribution in [1.82, 2.24) is 10.2 Å². The highest BCUT2D eigenvalue weighted by Crippen LogP contribution is 2.36. The summed E-state index contributed by atoms with van der Waals surface area (Å²) in [5, 5.41) is 3.08. The normalized spacial score (nSPS) is 18.7. The highest BCUT2D eigenvalue weighted by Gasteiger charge is 2.34. The minimum atomic E-state index is -0.0503. The zero-order valence-electron chi connectivity index (χ0n) is 19.3. The largest absolute Gasteiger partial charge is 0.486 e. The maximum absolute atomic E-state index is 13.4. The van der Waals surface area contributed by atoms with Crippen molar-refractivity contribution in [2.45, 2.75) is 52.7 Å². The van der Waals surface area contributed by atoms with Crippen LogP contribution in [0, 0.1) is 19.8 Å². The molecular weight excluding hydrogens is 402 g/mol. The third-order valence-electron chi connectivity index (χ3n) is 6.62. The molecule has 0 aromatic heterocycles. The Labute approximate surface area is 190 Å². The van der Waals surface area contributed by atoms with Crippen LogP contribution >= 0.6 is 0 Å². The monoisotopic (exact) mass is 435 g/mol. The lowest BCUT2D eigenvalue weighted by Gasteiger charge is -2.39. The van der Waals surface area contributed by atoms with Crippen LogP contribution in [0.25, 0.3) is 0 Å². The quantitative estimate of drug-likeness (QED) is 0.773. The molecular formula is C26H33N3O3. The Morgan fingerprint density at radius 2 is 1.84 bits per heavy atom. The first-order valence-electron chi connectivity index (χ1n) is 11.6. The van der Waals surface area contributed by atoms with Crippen LogP contribution in [-0.2, 0) is 11.3 Å². The predicted molar refractivity (Wildman–Crippen MR) is 126 cm³/mol. The van der Waals surface area contributed by atoms with Crippen LogP contribution in [0.1, 0.15) is 42.9 Å². The van der Waals surface area contributed by atoms with Crippen molar-refractivity contribution in [1.29, 1.82) is 0 Å². The van der Waals surface area contributed by atoms with E-state index >= 15 is 0 Å². The van der Waals surface area contributed by atoms with Gasteiger partial charge in [0.25, 0.3) is 0 Å². The molecule has 1 fully saturated rings. The van der Waals surface area contributed by atoms with Gasteiger partial charge in [0.15, 0.2) is 0 Å². The molecule has 6 heteroatoms. The molecule has 0 radical (unpaired) electrons. The van der Waals surface area contributed by atoms with E-state index in [0.717, 1.165) is 29.0 Å². The molecule has 1 atom stereocenters. The third-order valence-corrected chi connectivity index (χ3v) is 6.62. The second-order valence-electron chi connectivity index (χ2n) is 8.92. The Kier molecular flexibility index (Phi) is 6.68. The van der Waals surface area contributed by atoms with Crippen LogP contribution < -0.4 is 15.0 Å². The fraction of sp³-hybridized carbons (Fsp3) is 0.462. The number of urea groups is 1. The van der Waals surface area contributed by atoms with Crippen LogP contribution in [0.5, 0.6) is 5.75 Å². The first kappa shape index (κ1) is 22.2. The lowest BCUT2D eigenvalue weighted by atomic mass is 9.95. The van der Waals surface area contributed by atoms with Gasteiger partial charge in [-0.05, 0) is 61.9 Å². The molecule has 3 amide bonds. The van der Waals surface area contributed by atoms with Crippen LogP contribution in [0.4, 0.5) is 10.5 Å². The van der Waals surface area contributed by atoms with Crippen molar-refractivity contribution >= 4 is 17.6 Å². The molecule has 4 rings (SSSR count). The zero-order chi connectivity index (χ0) is 22.7. The number of hydrogen-bond acceptors (Lipinski definition) is 3. The topological polar surface area (TPSA) is 61.9 Å². The molecule has 32 heavy (non-hydrogen) atoms. The average molecular weight is 436 g/mol. The van der Waals surface area contributed by atoms with Gasteiger partial charge in [0, 0.05) is 25.6 Å². The molecule has 1 N–H and O–H groups in total. The van der Waals surface area contributed by atoms with E-state index < -0.39 is 0 Å². The molecule has 2 aromatic carbocycles. The van der Waals surface area contributed by atoms with Crippen molar-refractivity contribution < 1.29 is 14.3 Å². The molecule has 0 unspecified atom stereocenters. The third kappa shape index (κ3) is 4.74. The van der Waals surface area contributed by atoms with Crippen molar-refractivity contribution in [3.8, 4) is 5.75 Å². The SMILES string of the molecule is CC[C@H]1CN(C(=O)N2CCC(C(=O)NCc3ccccc3C)CC2)c2cc(C)ccc2O1. The number of amides is 3. The molecule has 6 nitrogen and oxygen atoms in total. The number of carbonyl (C=O) groups excluding carboxylic acids is 2. The number of ether oxygens (including phenoxy) is 1. The lowest BCUT2D eigenvalue weighted by molar-refractivity contribution is -0.126. The van der Waals surface area contributed by atoms with Gasteiger partial charge in [-0.2, -0.15) is 0 Å². The Balaban J connectivity index is 1.36. The highest BCUT2D eigenvalue weighted by molar-refractivity contribution is 5.94. The molecule has 2 heterocycles. The second-order valence-corrected chi connectivity index (χ2v) is 8.92. The van der Waals surface area contributed by atoms with Crippen molar-refractivity contribution in [3.63, 3.8) is 0 Å². The van der Waals surface area contributed by atoms with Gasteiger partial charge in [0.2, 0.25) is 5.91 Å². The van der Waals surface area contributed by atoms with E-state index in [2.05, 4.69) is 25.2 Å². The molecule has 2 aliphatic heterocycles. The maximum atomic E-state index is 13.4. The Hall–Kier alpha value is -3.02. The average Bonchev–Trinajstić information content (AvgIpc) is 2.82. The molecule has 0 aliphatic carbocycles. The molecule has 0 bridgehead atoms. The minimum Gasteiger partial charge on any atom is -0.486 e. The van der Waals surface area contributed by atoms with Gasteiger partial charge in [0.1, 0.15) is 11.9 Å². The first-order chi connectivity index (χ1) is 15.5. The summed E-state index contributed by atoms with van der Waals surface area (Å²) in [6.45, 7) is 8.45. The highest BCUT2D eigenvalue weighted by atomic mass is 16.5. The van der Waals surface area contributed by atoms with Gasteiger partial charge < -0.3 is 15.0 Å². The summed E-state index contributed by atoms with van der Waals surface area (Å²) in [6.07, 6.45) is 2.22. The summed E-state index contributed by atoms with van der Waals surface area (Å²) in [5.74, 6) is 0.803. The van der Waals surface area contributed by atoms with Crippen LogP contribution in [0.2, 0.25) is 0 Å². The maximum Gasteiger partial charge on any atom is 0.324 e. The standard InChI is InChI=1S/C26H33N3O3/c1-4-22-17-29(23-15-18(2)9-10-24(23)32-22)26(31)28-13-11-20(12-14-28)25(30)27-16-21-8-6-5-7-19(21)3/h5-10,15,20,22H,4,11-14,16-17H2,1-3H3,(H,27,30)/t22-/m0/s1. The molecule has 0 saturated carbocycles. The Bertz CT molecular complexity index is 982. The number of fused-ring (bicyclic) bond motifs is 1. The number of benzene rings is 2. The summed E-state index contributed by atoms with van der Waals surface area (Å²) >= 11 is 0. The minimum absolute atomic E-state index is 0.00100. The van der Waals surface area contributed by atoms with Gasteiger partial charge in [-0.3, -0.25) is 9.69 Å². The van der Waals surface area contributed by atoms with E-state index in [1.54, 1.807) is 0 Å². The van der Waals surface area contributed by atoms with E-state index in [4.69, 9.17) is 4.74 Å². The second kappa shape index (κ2) is 9.63. The fourth-order valence-corrected chi connectivity index (χ4v) is 4.49. The summed E-state index contributed by atoms with van der Waals surface area (Å²) in [6, 6.07) is 14.1. The van der Waals surface area contributed by atoms with Crippen molar-refractivity contribution in [2.75, 3.05) is 24.5 Å². The molecule has 170 valence electrons. The predicted octanol–water partition coefficient (Wildman–Crippen LogP) is 4.43. The van der Waals surface area contributed by atoms with Crippen LogP contribution in [0.15, 0.2) is 42.5 Å². The molecule has 2 aliphatic rings. The number of carbonyl (C=O) groups is 2. The molecule has 1 saturated heterocycles. The van der Waals surface area contributed by atoms with Gasteiger partial charge in [-0.15, -0.1) is 0 Å². The van der Waals surface area contributed by atoms with E-state index in [1.165, 1.54) is 5.56 Å². The number of hydrogen-bond donors (Lipinski definition) is 1.